The van der Waals surface area contributed by atoms with Crippen molar-refractivity contribution in [3.8, 4) is 21.8 Å². The van der Waals surface area contributed by atoms with Crippen LogP contribution in [-0.4, -0.2) is 25.7 Å². The molecule has 3 heterocycles. The van der Waals surface area contributed by atoms with Crippen LogP contribution in [0.1, 0.15) is 21.6 Å². The van der Waals surface area contributed by atoms with Crippen LogP contribution in [0.2, 0.25) is 0 Å². The van der Waals surface area contributed by atoms with E-state index in [1.807, 2.05) is 31.4 Å². The number of halogens is 1. The van der Waals surface area contributed by atoms with Crippen molar-refractivity contribution in [3.63, 3.8) is 0 Å². The Morgan fingerprint density at radius 2 is 2.03 bits per heavy atom. The highest BCUT2D eigenvalue weighted by molar-refractivity contribution is 7.13. The molecule has 0 saturated heterocycles. The zero-order valence-electron chi connectivity index (χ0n) is 16.1. The molecule has 1 aromatic carbocycles. The van der Waals surface area contributed by atoms with Crippen molar-refractivity contribution < 1.29 is 9.18 Å². The van der Waals surface area contributed by atoms with Gasteiger partial charge in [0.05, 0.1) is 17.6 Å². The van der Waals surface area contributed by atoms with E-state index in [1.54, 1.807) is 29.3 Å². The first-order valence-corrected chi connectivity index (χ1v) is 9.79. The van der Waals surface area contributed by atoms with Crippen LogP contribution in [0.3, 0.4) is 0 Å². The van der Waals surface area contributed by atoms with Gasteiger partial charge in [-0.3, -0.25) is 14.5 Å². The molecule has 8 heteroatoms. The predicted octanol–water partition coefficient (Wildman–Crippen LogP) is 4.61. The number of rotatable bonds is 4. The number of hydrogen-bond donors (Lipinski definition) is 1. The van der Waals surface area contributed by atoms with E-state index in [4.69, 9.17) is 0 Å². The van der Waals surface area contributed by atoms with Crippen LogP contribution in [0.4, 0.5) is 10.1 Å². The monoisotopic (exact) mass is 407 g/mol. The maximum atomic E-state index is 13.8. The summed E-state index contributed by atoms with van der Waals surface area (Å²) in [5.41, 5.74) is 4.91. The number of pyridine rings is 1. The molecule has 0 atom stereocenters. The highest BCUT2D eigenvalue weighted by Crippen LogP contribution is 2.33. The molecule has 146 valence electrons. The van der Waals surface area contributed by atoms with E-state index in [1.165, 1.54) is 12.3 Å². The molecule has 0 unspecified atom stereocenters. The zero-order chi connectivity index (χ0) is 20.5. The third-order valence-corrected chi connectivity index (χ3v) is 5.51. The molecule has 0 saturated carbocycles. The second-order valence-electron chi connectivity index (χ2n) is 6.62. The third-order valence-electron chi connectivity index (χ3n) is 4.69. The highest BCUT2D eigenvalue weighted by atomic mass is 32.1. The fourth-order valence-electron chi connectivity index (χ4n) is 3.26. The minimum absolute atomic E-state index is 0.0681. The van der Waals surface area contributed by atoms with Gasteiger partial charge >= 0.3 is 0 Å². The van der Waals surface area contributed by atoms with Gasteiger partial charge in [-0.2, -0.15) is 5.10 Å². The Hall–Kier alpha value is -3.39. The van der Waals surface area contributed by atoms with Crippen LogP contribution in [0.25, 0.3) is 21.8 Å². The van der Waals surface area contributed by atoms with E-state index in [2.05, 4.69) is 26.4 Å². The molecule has 3 aromatic heterocycles. The standard InChI is InChI=1S/C21H18FN5OS/c1-12-4-5-14(21-24-8-9-29-21)10-15(12)19-13(2)18(26-27(19)3)20(28)25-17-6-7-23-11-16(17)22/h4-11H,1-3H3,(H,23,25,28). The van der Waals surface area contributed by atoms with Gasteiger partial charge in [-0.05, 0) is 31.5 Å². The number of nitrogens with zero attached hydrogens (tertiary/aromatic N) is 4. The molecule has 6 nitrogen and oxygen atoms in total. The van der Waals surface area contributed by atoms with Crippen molar-refractivity contribution in [2.75, 3.05) is 5.32 Å². The van der Waals surface area contributed by atoms with Gasteiger partial charge in [0.1, 0.15) is 5.01 Å². The van der Waals surface area contributed by atoms with E-state index in [9.17, 15) is 9.18 Å². The average molecular weight is 407 g/mol. The number of anilines is 1. The topological polar surface area (TPSA) is 72.7 Å². The SMILES string of the molecule is Cc1ccc(-c2nccs2)cc1-c1c(C)c(C(=O)Nc2ccncc2F)nn1C. The quantitative estimate of drug-likeness (QED) is 0.536. The molecular formula is C21H18FN5OS. The Labute approximate surface area is 171 Å². The maximum absolute atomic E-state index is 13.8. The van der Waals surface area contributed by atoms with Gasteiger partial charge < -0.3 is 5.32 Å². The summed E-state index contributed by atoms with van der Waals surface area (Å²) < 4.78 is 15.5. The summed E-state index contributed by atoms with van der Waals surface area (Å²) in [5.74, 6) is -1.06. The number of aryl methyl sites for hydroxylation is 2. The van der Waals surface area contributed by atoms with Crippen molar-refractivity contribution in [1.82, 2.24) is 19.7 Å². The molecular weight excluding hydrogens is 389 g/mol. The van der Waals surface area contributed by atoms with Crippen LogP contribution < -0.4 is 5.32 Å². The van der Waals surface area contributed by atoms with Crippen molar-refractivity contribution in [2.24, 2.45) is 7.05 Å². The lowest BCUT2D eigenvalue weighted by Crippen LogP contribution is -2.15. The number of nitrogens with one attached hydrogen (secondary N) is 1. The van der Waals surface area contributed by atoms with E-state index in [0.29, 0.717) is 0 Å². The number of aromatic nitrogens is 4. The first-order valence-electron chi connectivity index (χ1n) is 8.91. The summed E-state index contributed by atoms with van der Waals surface area (Å²) in [6, 6.07) is 7.53. The van der Waals surface area contributed by atoms with Crippen molar-refractivity contribution >= 4 is 22.9 Å². The van der Waals surface area contributed by atoms with Crippen molar-refractivity contribution in [1.29, 1.82) is 0 Å². The number of hydrogen-bond acceptors (Lipinski definition) is 5. The van der Waals surface area contributed by atoms with Crippen LogP contribution in [0, 0.1) is 19.7 Å². The molecule has 0 aliphatic carbocycles. The number of benzene rings is 1. The fourth-order valence-corrected chi connectivity index (χ4v) is 3.89. The average Bonchev–Trinajstić information content (AvgIpc) is 3.33. The Morgan fingerprint density at radius 3 is 2.76 bits per heavy atom. The molecule has 0 aliphatic heterocycles. The van der Waals surface area contributed by atoms with Gasteiger partial charge in [-0.1, -0.05) is 12.1 Å². The second-order valence-corrected chi connectivity index (χ2v) is 7.52. The Kier molecular flexibility index (Phi) is 4.94. The molecule has 1 amide bonds. The molecule has 0 fully saturated rings. The maximum Gasteiger partial charge on any atom is 0.276 e. The van der Waals surface area contributed by atoms with Crippen molar-refractivity contribution in [3.05, 3.63) is 70.9 Å². The molecule has 29 heavy (non-hydrogen) atoms. The molecule has 4 aromatic rings. The second kappa shape index (κ2) is 7.56. The lowest BCUT2D eigenvalue weighted by atomic mass is 9.99. The van der Waals surface area contributed by atoms with Crippen LogP contribution in [0.5, 0.6) is 0 Å². The Morgan fingerprint density at radius 1 is 1.21 bits per heavy atom. The molecule has 1 N–H and O–H groups in total. The molecule has 0 radical (unpaired) electrons. The van der Waals surface area contributed by atoms with E-state index >= 15 is 0 Å². The molecule has 4 rings (SSSR count). The van der Waals surface area contributed by atoms with Gasteiger partial charge in [0, 0.05) is 41.5 Å². The van der Waals surface area contributed by atoms with Crippen LogP contribution in [-0.2, 0) is 7.05 Å². The summed E-state index contributed by atoms with van der Waals surface area (Å²) in [6.45, 7) is 3.86. The normalized spacial score (nSPS) is 10.9. The van der Waals surface area contributed by atoms with Gasteiger partial charge in [0.25, 0.3) is 5.91 Å². The number of carbonyl (C=O) groups excluding carboxylic acids is 1. The number of carbonyl (C=O) groups is 1. The predicted molar refractivity (Wildman–Crippen MR) is 111 cm³/mol. The van der Waals surface area contributed by atoms with E-state index < -0.39 is 11.7 Å². The van der Waals surface area contributed by atoms with E-state index in [-0.39, 0.29) is 11.4 Å². The first-order chi connectivity index (χ1) is 14.0. The van der Waals surface area contributed by atoms with Gasteiger partial charge in [-0.15, -0.1) is 11.3 Å². The van der Waals surface area contributed by atoms with Crippen LogP contribution >= 0.6 is 11.3 Å². The summed E-state index contributed by atoms with van der Waals surface area (Å²) >= 11 is 1.57. The largest absolute Gasteiger partial charge is 0.318 e. The Balaban J connectivity index is 1.74. The van der Waals surface area contributed by atoms with Crippen molar-refractivity contribution in [2.45, 2.75) is 13.8 Å². The minimum atomic E-state index is -0.596. The summed E-state index contributed by atoms with van der Waals surface area (Å²) in [4.78, 5) is 20.8. The van der Waals surface area contributed by atoms with Gasteiger partial charge in [0.15, 0.2) is 11.5 Å². The van der Waals surface area contributed by atoms with Crippen LogP contribution in [0.15, 0.2) is 48.2 Å². The lowest BCUT2D eigenvalue weighted by Gasteiger charge is -2.10. The lowest BCUT2D eigenvalue weighted by molar-refractivity contribution is 0.102. The minimum Gasteiger partial charge on any atom is -0.318 e. The molecule has 0 bridgehead atoms. The van der Waals surface area contributed by atoms with Gasteiger partial charge in [0.2, 0.25) is 0 Å². The number of thiazole rings is 1. The summed E-state index contributed by atoms with van der Waals surface area (Å²) in [5, 5.41) is 9.83. The van der Waals surface area contributed by atoms with E-state index in [0.717, 1.165) is 39.2 Å². The highest BCUT2D eigenvalue weighted by Gasteiger charge is 2.22. The Bertz CT molecular complexity index is 1200. The molecule has 0 aliphatic rings. The third kappa shape index (κ3) is 3.54. The smallest absolute Gasteiger partial charge is 0.276 e. The fraction of sp³-hybridized carbons (Fsp3) is 0.143. The van der Waals surface area contributed by atoms with Gasteiger partial charge in [-0.25, -0.2) is 9.37 Å². The molecule has 0 spiro atoms. The summed E-state index contributed by atoms with van der Waals surface area (Å²) in [6.07, 6.45) is 4.25. The zero-order valence-corrected chi connectivity index (χ0v) is 16.9. The number of amides is 1. The first kappa shape index (κ1) is 18.9. The summed E-state index contributed by atoms with van der Waals surface area (Å²) in [7, 11) is 1.79.